The monoisotopic (exact) mass is 335 g/mol. The zero-order valence-electron chi connectivity index (χ0n) is 14.2. The maximum absolute atomic E-state index is 12.0. The van der Waals surface area contributed by atoms with E-state index in [0.29, 0.717) is 18.8 Å². The van der Waals surface area contributed by atoms with Crippen molar-refractivity contribution in [2.75, 3.05) is 0 Å². The van der Waals surface area contributed by atoms with E-state index in [1.807, 2.05) is 49.4 Å². The van der Waals surface area contributed by atoms with Crippen LogP contribution in [-0.4, -0.2) is 26.1 Å². The number of hydrogen-bond donors (Lipinski definition) is 1. The Hall–Kier alpha value is -3.02. The number of aryl methyl sites for hydroxylation is 2. The average Bonchev–Trinajstić information content (AvgIpc) is 3.10. The van der Waals surface area contributed by atoms with E-state index >= 15 is 0 Å². The molecule has 0 spiro atoms. The van der Waals surface area contributed by atoms with Crippen molar-refractivity contribution in [3.8, 4) is 5.69 Å². The van der Waals surface area contributed by atoms with Crippen LogP contribution in [0, 0.1) is 6.92 Å². The van der Waals surface area contributed by atoms with Crippen LogP contribution in [0.25, 0.3) is 5.69 Å². The number of hydrogen-bond acceptors (Lipinski definition) is 4. The lowest BCUT2D eigenvalue weighted by molar-refractivity contribution is -0.121. The number of rotatable bonds is 7. The molecule has 6 nitrogen and oxygen atoms in total. The molecule has 1 aromatic heterocycles. The van der Waals surface area contributed by atoms with Gasteiger partial charge in [0.2, 0.25) is 5.91 Å². The van der Waals surface area contributed by atoms with Crippen LogP contribution in [0.15, 0.2) is 54.6 Å². The van der Waals surface area contributed by atoms with Crippen LogP contribution >= 0.6 is 0 Å². The van der Waals surface area contributed by atoms with Gasteiger partial charge in [0, 0.05) is 6.42 Å². The molecule has 0 radical (unpaired) electrons. The molecule has 2 aromatic carbocycles. The van der Waals surface area contributed by atoms with Gasteiger partial charge in [0.05, 0.1) is 12.2 Å². The quantitative estimate of drug-likeness (QED) is 0.720. The third kappa shape index (κ3) is 4.73. The highest BCUT2D eigenvalue weighted by atomic mass is 16.1. The van der Waals surface area contributed by atoms with Crippen LogP contribution in [0.1, 0.15) is 29.8 Å². The van der Waals surface area contributed by atoms with E-state index in [0.717, 1.165) is 18.5 Å². The summed E-state index contributed by atoms with van der Waals surface area (Å²) in [7, 11) is 0. The smallest absolute Gasteiger partial charge is 0.220 e. The van der Waals surface area contributed by atoms with Crippen LogP contribution < -0.4 is 5.32 Å². The second-order valence-electron chi connectivity index (χ2n) is 5.96. The van der Waals surface area contributed by atoms with Crippen LogP contribution in [0.3, 0.4) is 0 Å². The second-order valence-corrected chi connectivity index (χ2v) is 5.96. The summed E-state index contributed by atoms with van der Waals surface area (Å²) in [5, 5.41) is 14.6. The minimum absolute atomic E-state index is 0.00869. The zero-order valence-corrected chi connectivity index (χ0v) is 14.2. The van der Waals surface area contributed by atoms with Gasteiger partial charge in [0.25, 0.3) is 0 Å². The zero-order chi connectivity index (χ0) is 17.5. The van der Waals surface area contributed by atoms with Crippen molar-refractivity contribution in [2.45, 2.75) is 32.7 Å². The Morgan fingerprint density at radius 2 is 1.84 bits per heavy atom. The largest absolute Gasteiger partial charge is 0.349 e. The van der Waals surface area contributed by atoms with E-state index < -0.39 is 0 Å². The maximum atomic E-state index is 12.0. The first kappa shape index (κ1) is 16.8. The number of carbonyl (C=O) groups is 1. The summed E-state index contributed by atoms with van der Waals surface area (Å²) in [4.78, 5) is 12.0. The first-order chi connectivity index (χ1) is 12.2. The standard InChI is InChI=1S/C19H21N5O/c1-15-10-12-17(13-11-15)24-18(21-22-23-24)14-20-19(25)9-5-8-16-6-3-2-4-7-16/h2-4,6-7,10-13H,5,8-9,14H2,1H3,(H,20,25). The Labute approximate surface area is 146 Å². The SMILES string of the molecule is Cc1ccc(-n2nnnc2CNC(=O)CCCc2ccccc2)cc1. The number of nitrogens with zero attached hydrogens (tertiary/aromatic N) is 4. The molecule has 0 aliphatic carbocycles. The van der Waals surface area contributed by atoms with Gasteiger partial charge in [-0.1, -0.05) is 48.0 Å². The molecule has 1 amide bonds. The van der Waals surface area contributed by atoms with Gasteiger partial charge in [-0.15, -0.1) is 5.10 Å². The Balaban J connectivity index is 1.49. The van der Waals surface area contributed by atoms with Crippen molar-refractivity contribution in [3.63, 3.8) is 0 Å². The molecular weight excluding hydrogens is 314 g/mol. The van der Waals surface area contributed by atoms with E-state index in [-0.39, 0.29) is 5.91 Å². The summed E-state index contributed by atoms with van der Waals surface area (Å²) in [5.74, 6) is 0.620. The highest BCUT2D eigenvalue weighted by molar-refractivity contribution is 5.75. The average molecular weight is 335 g/mol. The maximum Gasteiger partial charge on any atom is 0.220 e. The first-order valence-electron chi connectivity index (χ1n) is 8.37. The van der Waals surface area contributed by atoms with Crippen molar-refractivity contribution in [3.05, 3.63) is 71.5 Å². The van der Waals surface area contributed by atoms with E-state index in [2.05, 4.69) is 33.0 Å². The minimum atomic E-state index is 0.00869. The highest BCUT2D eigenvalue weighted by Gasteiger charge is 2.09. The van der Waals surface area contributed by atoms with Gasteiger partial charge in [-0.3, -0.25) is 4.79 Å². The molecular formula is C19H21N5O. The molecule has 0 saturated heterocycles. The lowest BCUT2D eigenvalue weighted by Gasteiger charge is -2.07. The molecule has 0 aliphatic rings. The number of aromatic nitrogens is 4. The fourth-order valence-corrected chi connectivity index (χ4v) is 2.57. The fourth-order valence-electron chi connectivity index (χ4n) is 2.57. The normalized spacial score (nSPS) is 10.6. The molecule has 0 saturated carbocycles. The van der Waals surface area contributed by atoms with E-state index in [9.17, 15) is 4.79 Å². The van der Waals surface area contributed by atoms with E-state index in [1.165, 1.54) is 11.1 Å². The third-order valence-electron chi connectivity index (χ3n) is 3.97. The summed E-state index contributed by atoms with van der Waals surface area (Å²) in [5.41, 5.74) is 3.30. The van der Waals surface area contributed by atoms with E-state index in [1.54, 1.807) is 4.68 Å². The number of tetrazole rings is 1. The van der Waals surface area contributed by atoms with Crippen LogP contribution in [0.2, 0.25) is 0 Å². The molecule has 3 aromatic rings. The second kappa shape index (κ2) is 8.19. The molecule has 6 heteroatoms. The molecule has 0 bridgehead atoms. The van der Waals surface area contributed by atoms with Crippen molar-refractivity contribution in [2.24, 2.45) is 0 Å². The fraction of sp³-hybridized carbons (Fsp3) is 0.263. The predicted molar refractivity (Wildman–Crippen MR) is 95.1 cm³/mol. The number of nitrogens with one attached hydrogen (secondary N) is 1. The molecule has 3 rings (SSSR count). The van der Waals surface area contributed by atoms with Crippen LogP contribution in [0.4, 0.5) is 0 Å². The van der Waals surface area contributed by atoms with Gasteiger partial charge in [-0.25, -0.2) is 0 Å². The third-order valence-corrected chi connectivity index (χ3v) is 3.97. The van der Waals surface area contributed by atoms with Crippen LogP contribution in [0.5, 0.6) is 0 Å². The molecule has 1 N–H and O–H groups in total. The highest BCUT2D eigenvalue weighted by Crippen LogP contribution is 2.09. The Kier molecular flexibility index (Phi) is 5.51. The van der Waals surface area contributed by atoms with Gasteiger partial charge in [0.15, 0.2) is 5.82 Å². The summed E-state index contributed by atoms with van der Waals surface area (Å²) in [6, 6.07) is 18.1. The molecule has 0 aliphatic heterocycles. The predicted octanol–water partition coefficient (Wildman–Crippen LogP) is 2.61. The Bertz CT molecular complexity index is 811. The summed E-state index contributed by atoms with van der Waals surface area (Å²) >= 11 is 0. The van der Waals surface area contributed by atoms with Gasteiger partial charge < -0.3 is 5.32 Å². The molecule has 0 fully saturated rings. The number of benzene rings is 2. The number of carbonyl (C=O) groups excluding carboxylic acids is 1. The summed E-state index contributed by atoms with van der Waals surface area (Å²) < 4.78 is 1.64. The van der Waals surface area contributed by atoms with Gasteiger partial charge in [-0.05, 0) is 47.9 Å². The van der Waals surface area contributed by atoms with Gasteiger partial charge in [-0.2, -0.15) is 4.68 Å². The molecule has 1 heterocycles. The molecule has 128 valence electrons. The number of amides is 1. The van der Waals surface area contributed by atoms with Gasteiger partial charge >= 0.3 is 0 Å². The van der Waals surface area contributed by atoms with Crippen molar-refractivity contribution >= 4 is 5.91 Å². The summed E-state index contributed by atoms with van der Waals surface area (Å²) in [6.07, 6.45) is 2.20. The molecule has 25 heavy (non-hydrogen) atoms. The Morgan fingerprint density at radius 1 is 1.08 bits per heavy atom. The van der Waals surface area contributed by atoms with Gasteiger partial charge in [0.1, 0.15) is 0 Å². The Morgan fingerprint density at radius 3 is 2.60 bits per heavy atom. The first-order valence-corrected chi connectivity index (χ1v) is 8.37. The van der Waals surface area contributed by atoms with Crippen molar-refractivity contribution in [1.29, 1.82) is 0 Å². The lowest BCUT2D eigenvalue weighted by Crippen LogP contribution is -2.24. The molecule has 0 atom stereocenters. The molecule has 0 unspecified atom stereocenters. The van der Waals surface area contributed by atoms with E-state index in [4.69, 9.17) is 0 Å². The summed E-state index contributed by atoms with van der Waals surface area (Å²) in [6.45, 7) is 2.34. The van der Waals surface area contributed by atoms with Crippen molar-refractivity contribution < 1.29 is 4.79 Å². The lowest BCUT2D eigenvalue weighted by atomic mass is 10.1. The van der Waals surface area contributed by atoms with Crippen molar-refractivity contribution in [1.82, 2.24) is 25.5 Å². The minimum Gasteiger partial charge on any atom is -0.349 e. The topological polar surface area (TPSA) is 72.7 Å². The van der Waals surface area contributed by atoms with Crippen LogP contribution in [-0.2, 0) is 17.8 Å².